The van der Waals surface area contributed by atoms with Crippen molar-refractivity contribution in [2.24, 2.45) is 0 Å². The number of hydrogen-bond acceptors (Lipinski definition) is 7. The lowest BCUT2D eigenvalue weighted by Gasteiger charge is -2.12. The molecule has 0 fully saturated rings. The van der Waals surface area contributed by atoms with Gasteiger partial charge in [0.05, 0.1) is 7.11 Å². The minimum Gasteiger partial charge on any atom is -0.504 e. The molecule has 130 valence electrons. The van der Waals surface area contributed by atoms with Crippen molar-refractivity contribution in [3.63, 3.8) is 0 Å². The second-order valence-corrected chi connectivity index (χ2v) is 6.00. The van der Waals surface area contributed by atoms with Crippen LogP contribution in [0, 0.1) is 0 Å². The Morgan fingerprint density at radius 3 is 2.40 bits per heavy atom. The Balaban J connectivity index is 2.32. The van der Waals surface area contributed by atoms with E-state index in [2.05, 4.69) is 4.18 Å². The van der Waals surface area contributed by atoms with E-state index in [4.69, 9.17) is 13.7 Å². The molecule has 25 heavy (non-hydrogen) atoms. The SMILES string of the molecule is COc1c(OS(=O)(=O)O)cc2oc(-c3ccccc3)cc(=O)c2c1O. The smallest absolute Gasteiger partial charge is 0.446 e. The molecule has 3 aromatic rings. The number of ether oxygens (including phenoxy) is 1. The predicted octanol–water partition coefficient (Wildman–Crippen LogP) is 2.36. The molecule has 1 heterocycles. The zero-order valence-electron chi connectivity index (χ0n) is 12.8. The van der Waals surface area contributed by atoms with Crippen LogP contribution in [0.2, 0.25) is 0 Å². The summed E-state index contributed by atoms with van der Waals surface area (Å²) in [6, 6.07) is 10.9. The quantitative estimate of drug-likeness (QED) is 0.676. The molecule has 0 radical (unpaired) electrons. The van der Waals surface area contributed by atoms with Gasteiger partial charge in [0, 0.05) is 17.7 Å². The summed E-state index contributed by atoms with van der Waals surface area (Å²) >= 11 is 0. The molecule has 0 aliphatic heterocycles. The first-order chi connectivity index (χ1) is 11.8. The third-order valence-electron chi connectivity index (χ3n) is 3.37. The van der Waals surface area contributed by atoms with E-state index >= 15 is 0 Å². The molecule has 2 aromatic carbocycles. The van der Waals surface area contributed by atoms with Crippen LogP contribution < -0.4 is 14.3 Å². The minimum absolute atomic E-state index is 0.136. The highest BCUT2D eigenvalue weighted by atomic mass is 32.3. The summed E-state index contributed by atoms with van der Waals surface area (Å²) in [5.74, 6) is -1.40. The maximum absolute atomic E-state index is 12.4. The van der Waals surface area contributed by atoms with Crippen molar-refractivity contribution in [1.82, 2.24) is 0 Å². The van der Waals surface area contributed by atoms with E-state index in [-0.39, 0.29) is 16.7 Å². The molecule has 8 nitrogen and oxygen atoms in total. The number of methoxy groups -OCH3 is 1. The van der Waals surface area contributed by atoms with E-state index < -0.39 is 33.1 Å². The fourth-order valence-electron chi connectivity index (χ4n) is 2.38. The van der Waals surface area contributed by atoms with Gasteiger partial charge in [0.2, 0.25) is 5.75 Å². The lowest BCUT2D eigenvalue weighted by Crippen LogP contribution is -2.09. The van der Waals surface area contributed by atoms with E-state index in [9.17, 15) is 18.3 Å². The normalized spacial score (nSPS) is 11.4. The Morgan fingerprint density at radius 2 is 1.80 bits per heavy atom. The molecule has 0 aliphatic carbocycles. The highest BCUT2D eigenvalue weighted by Gasteiger charge is 2.22. The van der Waals surface area contributed by atoms with Gasteiger partial charge in [-0.05, 0) is 0 Å². The van der Waals surface area contributed by atoms with Gasteiger partial charge in [0.1, 0.15) is 16.7 Å². The molecule has 1 aromatic heterocycles. The molecule has 0 spiro atoms. The highest BCUT2D eigenvalue weighted by Crippen LogP contribution is 2.42. The molecule has 0 bridgehead atoms. The average Bonchev–Trinajstić information content (AvgIpc) is 2.53. The minimum atomic E-state index is -4.88. The van der Waals surface area contributed by atoms with Crippen LogP contribution in [0.5, 0.6) is 17.2 Å². The van der Waals surface area contributed by atoms with Gasteiger partial charge >= 0.3 is 10.4 Å². The molecule has 0 saturated carbocycles. The summed E-state index contributed by atoms with van der Waals surface area (Å²) in [6.45, 7) is 0. The van der Waals surface area contributed by atoms with Crippen molar-refractivity contribution in [1.29, 1.82) is 0 Å². The molecule has 9 heteroatoms. The second kappa shape index (κ2) is 6.11. The van der Waals surface area contributed by atoms with Crippen molar-refractivity contribution in [2.75, 3.05) is 7.11 Å². The fraction of sp³-hybridized carbons (Fsp3) is 0.0625. The third-order valence-corrected chi connectivity index (χ3v) is 3.76. The summed E-state index contributed by atoms with van der Waals surface area (Å²) in [5, 5.41) is 10.0. The van der Waals surface area contributed by atoms with Crippen LogP contribution in [0.25, 0.3) is 22.3 Å². The number of rotatable bonds is 4. The average molecular weight is 364 g/mol. The fourth-order valence-corrected chi connectivity index (χ4v) is 2.73. The molecule has 0 amide bonds. The lowest BCUT2D eigenvalue weighted by molar-refractivity contribution is 0.344. The van der Waals surface area contributed by atoms with E-state index in [0.717, 1.165) is 13.2 Å². The molecule has 0 saturated heterocycles. The first-order valence-corrected chi connectivity index (χ1v) is 8.27. The number of fused-ring (bicyclic) bond motifs is 1. The van der Waals surface area contributed by atoms with Gasteiger partial charge in [-0.1, -0.05) is 30.3 Å². The number of hydrogen-bond donors (Lipinski definition) is 2. The summed E-state index contributed by atoms with van der Waals surface area (Å²) in [4.78, 5) is 12.4. The zero-order chi connectivity index (χ0) is 18.2. The topological polar surface area (TPSA) is 123 Å². The van der Waals surface area contributed by atoms with Gasteiger partial charge in [-0.25, -0.2) is 0 Å². The monoisotopic (exact) mass is 364 g/mol. The van der Waals surface area contributed by atoms with Crippen molar-refractivity contribution in [3.05, 3.63) is 52.7 Å². The Morgan fingerprint density at radius 1 is 1.12 bits per heavy atom. The van der Waals surface area contributed by atoms with Crippen LogP contribution in [0.4, 0.5) is 0 Å². The van der Waals surface area contributed by atoms with Crippen LogP contribution in [-0.2, 0) is 10.4 Å². The van der Waals surface area contributed by atoms with Crippen LogP contribution in [0.1, 0.15) is 0 Å². The van der Waals surface area contributed by atoms with Gasteiger partial charge in [-0.15, -0.1) is 0 Å². The van der Waals surface area contributed by atoms with E-state index in [1.54, 1.807) is 30.3 Å². The van der Waals surface area contributed by atoms with Gasteiger partial charge < -0.3 is 18.4 Å². The summed E-state index contributed by atoms with van der Waals surface area (Å²) in [7, 11) is -3.74. The van der Waals surface area contributed by atoms with Crippen molar-refractivity contribution < 1.29 is 31.4 Å². The van der Waals surface area contributed by atoms with Crippen molar-refractivity contribution in [3.8, 4) is 28.6 Å². The lowest BCUT2D eigenvalue weighted by atomic mass is 10.1. The molecular weight excluding hydrogens is 352 g/mol. The predicted molar refractivity (Wildman–Crippen MR) is 88.3 cm³/mol. The second-order valence-electron chi connectivity index (χ2n) is 4.98. The van der Waals surface area contributed by atoms with Crippen molar-refractivity contribution >= 4 is 21.4 Å². The first-order valence-electron chi connectivity index (χ1n) is 6.90. The van der Waals surface area contributed by atoms with Crippen LogP contribution >= 0.6 is 0 Å². The van der Waals surface area contributed by atoms with E-state index in [1.807, 2.05) is 0 Å². The molecule has 2 N–H and O–H groups in total. The van der Waals surface area contributed by atoms with Gasteiger partial charge in [0.15, 0.2) is 16.9 Å². The van der Waals surface area contributed by atoms with Gasteiger partial charge in [-0.3, -0.25) is 9.35 Å². The number of aromatic hydroxyl groups is 1. The van der Waals surface area contributed by atoms with E-state index in [0.29, 0.717) is 5.56 Å². The first kappa shape index (κ1) is 16.8. The Hall–Kier alpha value is -3.04. The number of phenols is 1. The molecule has 0 atom stereocenters. The maximum atomic E-state index is 12.4. The summed E-state index contributed by atoms with van der Waals surface area (Å²) < 4.78 is 45.7. The Bertz CT molecular complexity index is 1100. The maximum Gasteiger partial charge on any atom is 0.446 e. The van der Waals surface area contributed by atoms with Crippen molar-refractivity contribution in [2.45, 2.75) is 0 Å². The summed E-state index contributed by atoms with van der Waals surface area (Å²) in [5.41, 5.74) is -0.0910. The van der Waals surface area contributed by atoms with Gasteiger partial charge in [-0.2, -0.15) is 8.42 Å². The Kier molecular flexibility index (Phi) is 4.11. The molecule has 0 aliphatic rings. The van der Waals surface area contributed by atoms with Crippen LogP contribution in [-0.4, -0.2) is 25.2 Å². The van der Waals surface area contributed by atoms with Crippen LogP contribution in [0.3, 0.4) is 0 Å². The van der Waals surface area contributed by atoms with Crippen LogP contribution in [0.15, 0.2) is 51.7 Å². The standard InChI is InChI=1S/C16H12O8S/c1-22-16-13(24-25(19,20)21)8-12-14(15(16)18)10(17)7-11(23-12)9-5-3-2-4-6-9/h2-8,18H,1H3,(H,19,20,21). The third kappa shape index (κ3) is 3.28. The van der Waals surface area contributed by atoms with Gasteiger partial charge in [0.25, 0.3) is 0 Å². The largest absolute Gasteiger partial charge is 0.504 e. The van der Waals surface area contributed by atoms with E-state index in [1.165, 1.54) is 6.07 Å². The molecule has 0 unspecified atom stereocenters. The number of benzene rings is 2. The molecule has 3 rings (SSSR count). The molecular formula is C16H12O8S. The summed E-state index contributed by atoms with van der Waals surface area (Å²) in [6.07, 6.45) is 0. The number of phenolic OH excluding ortho intramolecular Hbond substituents is 1. The zero-order valence-corrected chi connectivity index (χ0v) is 13.6. The Labute approximate surface area is 141 Å². The highest BCUT2D eigenvalue weighted by molar-refractivity contribution is 7.81.